The second kappa shape index (κ2) is 26.9. The molecule has 74 heavy (non-hydrogen) atoms. The molecule has 5 amide bonds. The summed E-state index contributed by atoms with van der Waals surface area (Å²) in [4.78, 5) is 85.0. The van der Waals surface area contributed by atoms with Gasteiger partial charge in [-0.05, 0) is 75.1 Å². The lowest BCUT2D eigenvalue weighted by Gasteiger charge is -2.37. The number of amides is 5. The lowest BCUT2D eigenvalue weighted by molar-refractivity contribution is -0.144. The molecule has 2 saturated heterocycles. The van der Waals surface area contributed by atoms with Crippen LogP contribution in [0.5, 0.6) is 0 Å². The fourth-order valence-electron chi connectivity index (χ4n) is 9.18. The van der Waals surface area contributed by atoms with Crippen molar-refractivity contribution in [3.63, 3.8) is 0 Å². The van der Waals surface area contributed by atoms with Crippen molar-refractivity contribution >= 4 is 81.6 Å². The lowest BCUT2D eigenvalue weighted by atomic mass is 9.85. The maximum atomic E-state index is 14.1. The van der Waals surface area contributed by atoms with E-state index in [9.17, 15) is 29.1 Å². The number of β-amino-alcohol motifs (C(OH)–C–C–N with tert-alkyl or cyclic N) is 1. The highest BCUT2D eigenvalue weighted by Crippen LogP contribution is 2.39. The molecule has 4 heterocycles. The number of piperidine rings is 1. The van der Waals surface area contributed by atoms with Crippen molar-refractivity contribution in [2.24, 2.45) is 11.1 Å². The number of thiazole rings is 1. The molecule has 2 aromatic heterocycles. The molecule has 2 aliphatic heterocycles. The number of aromatic nitrogens is 3. The molecule has 4 aromatic rings. The van der Waals surface area contributed by atoms with Gasteiger partial charge >= 0.3 is 0 Å². The maximum absolute atomic E-state index is 14.1. The van der Waals surface area contributed by atoms with Crippen molar-refractivity contribution in [1.29, 1.82) is 0 Å². The first-order valence-corrected chi connectivity index (χ1v) is 28.0. The highest BCUT2D eigenvalue weighted by Gasteiger charge is 2.44. The number of carbonyl (C=O) groups is 5. The van der Waals surface area contributed by atoms with Gasteiger partial charge in [0.05, 0.1) is 45.1 Å². The first-order chi connectivity index (χ1) is 35.2. The number of aliphatic hydroxyl groups is 1. The normalized spacial score (nSPS) is 17.4. The van der Waals surface area contributed by atoms with E-state index >= 15 is 0 Å². The molecule has 0 saturated carbocycles. The SMILES string of the molecule is Cc1ncsc1-c1ccc([C@H](C)NC(=O)[C@@H]2C[C@@H](O)CN2C(=O)[C@@H](NC(=O)CCCCCCCCCCCNC(=O)CC(=O)Nc2cccc(Sc3ncc(N4CCC(C)(N)CC4)nc3N)c2Cl)C(C)(C)C)cc1. The number of hydrogen-bond acceptors (Lipinski definition) is 14. The van der Waals surface area contributed by atoms with Gasteiger partial charge in [-0.1, -0.05) is 119 Å². The number of rotatable bonds is 24. The minimum absolute atomic E-state index is 0.0164. The summed E-state index contributed by atoms with van der Waals surface area (Å²) in [6, 6.07) is 11.1. The van der Waals surface area contributed by atoms with Crippen LogP contribution in [0.1, 0.15) is 142 Å². The molecule has 9 N–H and O–H groups in total. The number of aryl methyl sites for hydroxylation is 1. The second-order valence-corrected chi connectivity index (χ2v) is 23.4. The molecular formula is C54H76ClN11O6S2. The Morgan fingerprint density at radius 1 is 0.919 bits per heavy atom. The Kier molecular flexibility index (Phi) is 21.1. The summed E-state index contributed by atoms with van der Waals surface area (Å²) in [5.41, 5.74) is 16.9. The van der Waals surface area contributed by atoms with Crippen LogP contribution in [0.25, 0.3) is 10.4 Å². The molecule has 2 aromatic carbocycles. The van der Waals surface area contributed by atoms with Gasteiger partial charge in [-0.25, -0.2) is 15.0 Å². The number of unbranched alkanes of at least 4 members (excludes halogenated alkanes) is 8. The summed E-state index contributed by atoms with van der Waals surface area (Å²) in [6.45, 7) is 13.6. The number of likely N-dealkylation sites (tertiary alicyclic amines) is 1. The Hall–Kier alpha value is -5.34. The van der Waals surface area contributed by atoms with Gasteiger partial charge in [0.15, 0.2) is 5.82 Å². The lowest BCUT2D eigenvalue weighted by Crippen LogP contribution is -2.57. The van der Waals surface area contributed by atoms with Crippen molar-refractivity contribution < 1.29 is 29.1 Å². The zero-order valence-electron chi connectivity index (χ0n) is 43.8. The van der Waals surface area contributed by atoms with Crippen molar-refractivity contribution in [3.05, 3.63) is 70.5 Å². The molecule has 4 atom stereocenters. The number of nitrogens with zero attached hydrogens (tertiary/aromatic N) is 5. The number of carbonyl (C=O) groups excluding carboxylic acids is 5. The van der Waals surface area contributed by atoms with Gasteiger partial charge in [0, 0.05) is 49.5 Å². The Labute approximate surface area is 449 Å². The number of anilines is 3. The van der Waals surface area contributed by atoms with E-state index in [1.807, 2.05) is 64.4 Å². The second-order valence-electron chi connectivity index (χ2n) is 21.2. The minimum atomic E-state index is -0.871. The highest BCUT2D eigenvalue weighted by molar-refractivity contribution is 7.99. The summed E-state index contributed by atoms with van der Waals surface area (Å²) in [7, 11) is 0. The van der Waals surface area contributed by atoms with Gasteiger partial charge in [0.2, 0.25) is 29.5 Å². The fraction of sp³-hybridized carbons (Fsp3) is 0.556. The van der Waals surface area contributed by atoms with E-state index in [1.165, 1.54) is 16.7 Å². The molecule has 0 radical (unpaired) electrons. The van der Waals surface area contributed by atoms with Crippen molar-refractivity contribution in [1.82, 2.24) is 35.8 Å². The average Bonchev–Trinajstić information content (AvgIpc) is 3.97. The molecule has 2 fully saturated rings. The number of nitrogen functional groups attached to an aromatic ring is 1. The summed E-state index contributed by atoms with van der Waals surface area (Å²) < 4.78 is 0. The van der Waals surface area contributed by atoms with Crippen LogP contribution in [0, 0.1) is 12.3 Å². The van der Waals surface area contributed by atoms with Crippen molar-refractivity contribution in [2.45, 2.75) is 171 Å². The van der Waals surface area contributed by atoms with Crippen LogP contribution in [-0.2, 0) is 24.0 Å². The van der Waals surface area contributed by atoms with E-state index in [0.717, 1.165) is 99.0 Å². The zero-order valence-corrected chi connectivity index (χ0v) is 46.2. The minimum Gasteiger partial charge on any atom is -0.391 e. The van der Waals surface area contributed by atoms with E-state index in [4.69, 9.17) is 23.1 Å². The third-order valence-corrected chi connectivity index (χ3v) is 16.3. The van der Waals surface area contributed by atoms with Crippen LogP contribution in [0.2, 0.25) is 5.02 Å². The van der Waals surface area contributed by atoms with Crippen LogP contribution >= 0.6 is 34.7 Å². The number of aliphatic hydroxyl groups excluding tert-OH is 1. The van der Waals surface area contributed by atoms with Gasteiger partial charge in [0.1, 0.15) is 29.3 Å². The van der Waals surface area contributed by atoms with E-state index < -0.39 is 29.5 Å². The molecule has 0 bridgehead atoms. The number of benzene rings is 2. The zero-order chi connectivity index (χ0) is 53.6. The number of nitrogens with one attached hydrogen (secondary N) is 4. The van der Waals surface area contributed by atoms with Gasteiger partial charge < -0.3 is 47.6 Å². The predicted molar refractivity (Wildman–Crippen MR) is 295 cm³/mol. The van der Waals surface area contributed by atoms with E-state index in [1.54, 1.807) is 35.7 Å². The largest absolute Gasteiger partial charge is 0.391 e. The van der Waals surface area contributed by atoms with Crippen molar-refractivity contribution in [2.75, 3.05) is 42.1 Å². The molecule has 20 heteroatoms. The quantitative estimate of drug-likeness (QED) is 0.0258. The third kappa shape index (κ3) is 16.8. The number of nitrogens with two attached hydrogens (primary N) is 2. The van der Waals surface area contributed by atoms with Crippen molar-refractivity contribution in [3.8, 4) is 10.4 Å². The molecule has 0 aliphatic carbocycles. The monoisotopic (exact) mass is 1070 g/mol. The molecule has 0 spiro atoms. The Morgan fingerprint density at radius 2 is 1.58 bits per heavy atom. The highest BCUT2D eigenvalue weighted by atomic mass is 35.5. The number of halogens is 1. The van der Waals surface area contributed by atoms with Gasteiger partial charge in [0.25, 0.3) is 0 Å². The first-order valence-electron chi connectivity index (χ1n) is 26.0. The topological polar surface area (TPSA) is 251 Å². The molecule has 402 valence electrons. The van der Waals surface area contributed by atoms with Crippen LogP contribution < -0.4 is 37.6 Å². The van der Waals surface area contributed by atoms with Gasteiger partial charge in [-0.15, -0.1) is 11.3 Å². The molecular weight excluding hydrogens is 998 g/mol. The van der Waals surface area contributed by atoms with E-state index in [0.29, 0.717) is 39.4 Å². The molecule has 17 nitrogen and oxygen atoms in total. The summed E-state index contributed by atoms with van der Waals surface area (Å²) >= 11 is 9.51. The van der Waals surface area contributed by atoms with Crippen LogP contribution in [0.3, 0.4) is 0 Å². The molecule has 0 unspecified atom stereocenters. The summed E-state index contributed by atoms with van der Waals surface area (Å²) in [6.07, 6.45) is 11.1. The Balaban J connectivity index is 0.813. The first kappa shape index (κ1) is 57.9. The fourth-order valence-corrected chi connectivity index (χ4v) is 11.1. The summed E-state index contributed by atoms with van der Waals surface area (Å²) in [5, 5.41) is 23.1. The number of hydrogen-bond donors (Lipinski definition) is 7. The van der Waals surface area contributed by atoms with E-state index in [2.05, 4.69) is 48.0 Å². The maximum Gasteiger partial charge on any atom is 0.246 e. The van der Waals surface area contributed by atoms with Gasteiger partial charge in [-0.3, -0.25) is 24.0 Å². The predicted octanol–water partition coefficient (Wildman–Crippen LogP) is 8.33. The smallest absolute Gasteiger partial charge is 0.246 e. The average molecular weight is 1070 g/mol. The van der Waals surface area contributed by atoms with Gasteiger partial charge in [-0.2, -0.15) is 0 Å². The summed E-state index contributed by atoms with van der Waals surface area (Å²) in [5.74, 6) is -0.791. The standard InChI is InChI=1S/C54H76ClN11O6S2/c1-34(36-20-22-37(23-21-36)47-35(2)60-33-73-47)61-50(71)40-29-38(67)32-66(40)52(72)48(53(3,4)5)64-43(68)19-14-12-10-8-7-9-11-13-15-26-58-44(69)30-45(70)62-39-17-16-18-41(46(39)55)74-51-49(56)63-42(31-59-51)65-27-24-54(6,57)25-28-65/h16-18,20-23,31,33-34,38,40,48,67H,7-15,19,24-30,32,57H2,1-6H3,(H2,56,63)(H,58,69)(H,61,71)(H,62,70)(H,64,68)/t34-,38+,40-,48+/m0/s1. The molecule has 2 aliphatic rings. The van der Waals surface area contributed by atoms with E-state index in [-0.39, 0.29) is 66.8 Å². The van der Waals surface area contributed by atoms with Crippen LogP contribution in [0.4, 0.5) is 17.3 Å². The third-order valence-electron chi connectivity index (χ3n) is 13.7. The van der Waals surface area contributed by atoms with Crippen LogP contribution in [-0.4, -0.2) is 104 Å². The molecule has 6 rings (SSSR count). The Bertz CT molecular complexity index is 2550. The van der Waals surface area contributed by atoms with Crippen LogP contribution in [0.15, 0.2) is 64.1 Å². The Morgan fingerprint density at radius 3 is 2.22 bits per heavy atom.